The van der Waals surface area contributed by atoms with Crippen LogP contribution in [-0.2, 0) is 6.42 Å². The summed E-state index contributed by atoms with van der Waals surface area (Å²) in [6.07, 6.45) is 0.885. The van der Waals surface area contributed by atoms with Gasteiger partial charge in [-0.25, -0.2) is 8.78 Å². The average Bonchev–Trinajstić information content (AvgIpc) is 2.78. The van der Waals surface area contributed by atoms with Crippen LogP contribution in [0.1, 0.15) is 28.6 Å². The Kier molecular flexibility index (Phi) is 4.90. The second-order valence-electron chi connectivity index (χ2n) is 4.63. The Morgan fingerprint density at radius 1 is 1.24 bits per heavy atom. The molecule has 21 heavy (non-hydrogen) atoms. The summed E-state index contributed by atoms with van der Waals surface area (Å²) in [6.45, 7) is 2.29. The van der Waals surface area contributed by atoms with Crippen molar-refractivity contribution in [1.82, 2.24) is 0 Å². The largest absolute Gasteiger partial charge is 0.397 e. The lowest BCUT2D eigenvalue weighted by Gasteiger charge is -2.04. The fourth-order valence-corrected chi connectivity index (χ4v) is 2.97. The second-order valence-corrected chi connectivity index (χ2v) is 5.68. The molecule has 0 atom stereocenters. The molecule has 6 heteroatoms. The lowest BCUT2D eigenvalue weighted by molar-refractivity contribution is 0.0993. The fraction of sp³-hybridized carbons (Fsp3) is 0.267. The number of ketones is 1. The molecule has 0 fully saturated rings. The quantitative estimate of drug-likeness (QED) is 0.797. The normalized spacial score (nSPS) is 10.6. The first-order valence-electron chi connectivity index (χ1n) is 6.61. The minimum Gasteiger partial charge on any atom is -0.397 e. The van der Waals surface area contributed by atoms with Crippen LogP contribution in [-0.4, -0.2) is 12.3 Å². The molecule has 3 N–H and O–H groups in total. The minimum atomic E-state index is -0.582. The third-order valence-electron chi connectivity index (χ3n) is 2.97. The number of anilines is 2. The van der Waals surface area contributed by atoms with E-state index < -0.39 is 11.6 Å². The summed E-state index contributed by atoms with van der Waals surface area (Å²) in [6, 6.07) is 5.17. The number of Topliss-reactive ketones (excluding diaryl/α,β-unsaturated/α-hetero) is 1. The Bertz CT molecular complexity index is 635. The number of carbonyl (C=O) groups is 1. The highest BCUT2D eigenvalue weighted by Crippen LogP contribution is 2.30. The third-order valence-corrected chi connectivity index (χ3v) is 4.12. The highest BCUT2D eigenvalue weighted by atomic mass is 32.1. The van der Waals surface area contributed by atoms with Crippen molar-refractivity contribution in [3.8, 4) is 0 Å². The number of hydrogen-bond donors (Lipinski definition) is 2. The predicted octanol–water partition coefficient (Wildman–Crippen LogP) is 3.86. The summed E-state index contributed by atoms with van der Waals surface area (Å²) in [5, 5.41) is 3.89. The fourth-order valence-electron chi connectivity index (χ4n) is 1.96. The standard InChI is InChI=1S/C15H16F2N2OS/c1-2-13(20)15-12(18)8-14(21-15)19-4-3-9-5-10(16)7-11(17)6-9/h5-8,19H,2-4,18H2,1H3. The minimum absolute atomic E-state index is 0.0118. The van der Waals surface area contributed by atoms with Gasteiger partial charge in [0.15, 0.2) is 5.78 Å². The maximum absolute atomic E-state index is 13.0. The smallest absolute Gasteiger partial charge is 0.174 e. The third kappa shape index (κ3) is 4.01. The van der Waals surface area contributed by atoms with E-state index in [1.54, 1.807) is 13.0 Å². The van der Waals surface area contributed by atoms with Crippen LogP contribution >= 0.6 is 11.3 Å². The van der Waals surface area contributed by atoms with Crippen LogP contribution in [0, 0.1) is 11.6 Å². The van der Waals surface area contributed by atoms with Gasteiger partial charge in [0.25, 0.3) is 0 Å². The number of nitrogens with one attached hydrogen (secondary N) is 1. The van der Waals surface area contributed by atoms with Crippen LogP contribution in [0.2, 0.25) is 0 Å². The molecule has 0 spiro atoms. The Hall–Kier alpha value is -1.95. The van der Waals surface area contributed by atoms with Gasteiger partial charge in [-0.3, -0.25) is 4.79 Å². The van der Waals surface area contributed by atoms with Gasteiger partial charge in [-0.05, 0) is 30.2 Å². The Morgan fingerprint density at radius 2 is 1.90 bits per heavy atom. The van der Waals surface area contributed by atoms with Crippen molar-refractivity contribution >= 4 is 27.8 Å². The molecule has 0 saturated heterocycles. The molecule has 0 saturated carbocycles. The van der Waals surface area contributed by atoms with Gasteiger partial charge >= 0.3 is 0 Å². The number of carbonyl (C=O) groups excluding carboxylic acids is 1. The van der Waals surface area contributed by atoms with Crippen molar-refractivity contribution < 1.29 is 13.6 Å². The van der Waals surface area contributed by atoms with E-state index in [2.05, 4.69) is 5.32 Å². The van der Waals surface area contributed by atoms with E-state index in [1.807, 2.05) is 0 Å². The summed E-state index contributed by atoms with van der Waals surface area (Å²) in [5.74, 6) is -1.15. The van der Waals surface area contributed by atoms with E-state index in [-0.39, 0.29) is 5.78 Å². The summed E-state index contributed by atoms with van der Waals surface area (Å²) < 4.78 is 26.1. The first-order chi connectivity index (χ1) is 9.99. The Labute approximate surface area is 125 Å². The van der Waals surface area contributed by atoms with Crippen LogP contribution in [0.4, 0.5) is 19.5 Å². The van der Waals surface area contributed by atoms with Crippen molar-refractivity contribution in [2.75, 3.05) is 17.6 Å². The van der Waals surface area contributed by atoms with Crippen molar-refractivity contribution in [2.24, 2.45) is 0 Å². The Balaban J connectivity index is 1.96. The number of thiophene rings is 1. The summed E-state index contributed by atoms with van der Waals surface area (Å²) in [4.78, 5) is 12.2. The van der Waals surface area contributed by atoms with Crippen molar-refractivity contribution in [2.45, 2.75) is 19.8 Å². The molecule has 1 heterocycles. The second kappa shape index (κ2) is 6.67. The van der Waals surface area contributed by atoms with E-state index in [4.69, 9.17) is 5.73 Å². The Morgan fingerprint density at radius 3 is 2.52 bits per heavy atom. The lowest BCUT2D eigenvalue weighted by atomic mass is 10.1. The topological polar surface area (TPSA) is 55.1 Å². The van der Waals surface area contributed by atoms with Gasteiger partial charge < -0.3 is 11.1 Å². The predicted molar refractivity (Wildman–Crippen MR) is 81.9 cm³/mol. The number of halogens is 2. The molecule has 0 aliphatic carbocycles. The van der Waals surface area contributed by atoms with Crippen LogP contribution in [0.5, 0.6) is 0 Å². The highest BCUT2D eigenvalue weighted by Gasteiger charge is 2.12. The maximum atomic E-state index is 13.0. The summed E-state index contributed by atoms with van der Waals surface area (Å²) >= 11 is 1.30. The van der Waals surface area contributed by atoms with Crippen molar-refractivity contribution in [1.29, 1.82) is 0 Å². The van der Waals surface area contributed by atoms with Gasteiger partial charge in [0.05, 0.1) is 15.6 Å². The monoisotopic (exact) mass is 310 g/mol. The molecule has 0 radical (unpaired) electrons. The zero-order chi connectivity index (χ0) is 15.4. The molecule has 1 aromatic carbocycles. The molecule has 0 aliphatic heterocycles. The van der Waals surface area contributed by atoms with Gasteiger partial charge in [-0.15, -0.1) is 11.3 Å². The molecular formula is C15H16F2N2OS. The van der Waals surface area contributed by atoms with Gasteiger partial charge in [0, 0.05) is 19.0 Å². The number of nitrogen functional groups attached to an aromatic ring is 1. The lowest BCUT2D eigenvalue weighted by Crippen LogP contribution is -2.04. The van der Waals surface area contributed by atoms with E-state index in [1.165, 1.54) is 23.5 Å². The molecule has 0 bridgehead atoms. The first-order valence-corrected chi connectivity index (χ1v) is 7.42. The molecular weight excluding hydrogens is 294 g/mol. The zero-order valence-corrected chi connectivity index (χ0v) is 12.4. The molecule has 2 rings (SSSR count). The highest BCUT2D eigenvalue weighted by molar-refractivity contribution is 7.18. The van der Waals surface area contributed by atoms with Gasteiger partial charge in [-0.1, -0.05) is 6.92 Å². The van der Waals surface area contributed by atoms with Crippen molar-refractivity contribution in [3.05, 3.63) is 46.3 Å². The van der Waals surface area contributed by atoms with Gasteiger partial charge in [-0.2, -0.15) is 0 Å². The molecule has 0 unspecified atom stereocenters. The number of hydrogen-bond acceptors (Lipinski definition) is 4. The molecule has 2 aromatic rings. The molecule has 0 amide bonds. The van der Waals surface area contributed by atoms with Crippen LogP contribution < -0.4 is 11.1 Å². The number of rotatable bonds is 6. The average molecular weight is 310 g/mol. The van der Waals surface area contributed by atoms with Gasteiger partial charge in [0.1, 0.15) is 11.6 Å². The van der Waals surface area contributed by atoms with Gasteiger partial charge in [0.2, 0.25) is 0 Å². The SMILES string of the molecule is CCC(=O)c1sc(NCCc2cc(F)cc(F)c2)cc1N. The molecule has 1 aromatic heterocycles. The van der Waals surface area contributed by atoms with Crippen LogP contribution in [0.3, 0.4) is 0 Å². The summed E-state index contributed by atoms with van der Waals surface area (Å²) in [7, 11) is 0. The molecule has 0 aliphatic rings. The number of benzene rings is 1. The zero-order valence-electron chi connectivity index (χ0n) is 11.6. The summed E-state index contributed by atoms with van der Waals surface area (Å²) in [5.41, 5.74) is 6.83. The van der Waals surface area contributed by atoms with Crippen LogP contribution in [0.15, 0.2) is 24.3 Å². The van der Waals surface area contributed by atoms with E-state index in [0.717, 1.165) is 11.1 Å². The molecule has 112 valence electrons. The van der Waals surface area contributed by atoms with Crippen LogP contribution in [0.25, 0.3) is 0 Å². The molecule has 3 nitrogen and oxygen atoms in total. The number of nitrogens with two attached hydrogens (primary N) is 1. The van der Waals surface area contributed by atoms with E-state index in [0.29, 0.717) is 35.5 Å². The van der Waals surface area contributed by atoms with Crippen molar-refractivity contribution in [3.63, 3.8) is 0 Å². The van der Waals surface area contributed by atoms with E-state index >= 15 is 0 Å². The first kappa shape index (κ1) is 15.4. The van der Waals surface area contributed by atoms with E-state index in [9.17, 15) is 13.6 Å². The maximum Gasteiger partial charge on any atom is 0.174 e.